The number of hydrogen-bond acceptors (Lipinski definition) is 8. The van der Waals surface area contributed by atoms with Crippen LogP contribution in [0.25, 0.3) is 11.2 Å². The number of aryl methyl sites for hydroxylation is 1. The average Bonchev–Trinajstić information content (AvgIpc) is 2.71. The van der Waals surface area contributed by atoms with Crippen molar-refractivity contribution in [1.29, 1.82) is 0 Å². The molecule has 0 atom stereocenters. The molecule has 2 heterocycles. The van der Waals surface area contributed by atoms with Crippen LogP contribution in [0.5, 0.6) is 0 Å². The van der Waals surface area contributed by atoms with Gasteiger partial charge in [0, 0.05) is 6.54 Å². The summed E-state index contributed by atoms with van der Waals surface area (Å²) in [5, 5.41) is 0. The number of rotatable bonds is 6. The van der Waals surface area contributed by atoms with Gasteiger partial charge in [0.1, 0.15) is 0 Å². The molecule has 10 nitrogen and oxygen atoms in total. The first-order valence-electron chi connectivity index (χ1n) is 5.78. The van der Waals surface area contributed by atoms with E-state index in [0.717, 1.165) is 0 Å². The molecule has 0 radical (unpaired) electrons. The largest absolute Gasteiger partial charge is 1.00 e. The Hall–Kier alpha value is 0.450. The SMILES string of the molecule is O=c1[nH]cnc2c1ncn2CCCS(=O)(=O)CP(=O)([O-])[O-].[Na+].[Na+]. The molecule has 0 saturated heterocycles. The van der Waals surface area contributed by atoms with Gasteiger partial charge in [-0.3, -0.25) is 4.79 Å². The van der Waals surface area contributed by atoms with E-state index in [1.807, 2.05) is 0 Å². The van der Waals surface area contributed by atoms with E-state index in [1.54, 1.807) is 0 Å². The topological polar surface area (TPSA) is 161 Å². The summed E-state index contributed by atoms with van der Waals surface area (Å²) in [6, 6.07) is 0. The standard InChI is InChI=1S/C9H13N4O6PS.2Na/c14-9-7-8(10-4-11-9)13(5-12-7)2-1-3-21(18,19)6-20(15,16)17;;/h4-5H,1-3,6H2,(H,10,11,14)(H2,15,16,17);;/q;2*+1/p-2. The van der Waals surface area contributed by atoms with E-state index in [9.17, 15) is 27.6 Å². The maximum absolute atomic E-state index is 11.4. The third-order valence-electron chi connectivity index (χ3n) is 2.62. The number of fused-ring (bicyclic) bond motifs is 1. The van der Waals surface area contributed by atoms with Crippen LogP contribution in [0.3, 0.4) is 0 Å². The minimum absolute atomic E-state index is 0. The average molecular weight is 380 g/mol. The molecule has 2 aromatic heterocycles. The Morgan fingerprint density at radius 1 is 1.26 bits per heavy atom. The molecular weight excluding hydrogens is 369 g/mol. The molecule has 1 N–H and O–H groups in total. The van der Waals surface area contributed by atoms with E-state index in [1.165, 1.54) is 17.2 Å². The van der Waals surface area contributed by atoms with Crippen LogP contribution in [0.1, 0.15) is 6.42 Å². The summed E-state index contributed by atoms with van der Waals surface area (Å²) in [4.78, 5) is 42.5. The van der Waals surface area contributed by atoms with E-state index < -0.39 is 34.2 Å². The van der Waals surface area contributed by atoms with E-state index in [2.05, 4.69) is 15.0 Å². The Morgan fingerprint density at radius 2 is 1.91 bits per heavy atom. The van der Waals surface area contributed by atoms with Gasteiger partial charge in [-0.25, -0.2) is 18.4 Å². The van der Waals surface area contributed by atoms with Crippen molar-refractivity contribution in [2.45, 2.75) is 13.0 Å². The fourth-order valence-corrected chi connectivity index (χ4v) is 4.83. The van der Waals surface area contributed by atoms with Gasteiger partial charge < -0.3 is 23.9 Å². The summed E-state index contributed by atoms with van der Waals surface area (Å²) in [5.74, 6) is -0.454. The summed E-state index contributed by atoms with van der Waals surface area (Å²) >= 11 is 0. The number of H-pyrrole nitrogens is 1. The summed E-state index contributed by atoms with van der Waals surface area (Å²) in [6.07, 6.45) is 2.61. The van der Waals surface area contributed by atoms with Crippen molar-refractivity contribution in [3.05, 3.63) is 23.0 Å². The number of nitrogens with zero attached hydrogens (tertiary/aromatic N) is 3. The predicted molar refractivity (Wildman–Crippen MR) is 69.0 cm³/mol. The Balaban J connectivity index is 0.00000242. The van der Waals surface area contributed by atoms with Gasteiger partial charge in [-0.2, -0.15) is 0 Å². The van der Waals surface area contributed by atoms with Gasteiger partial charge >= 0.3 is 59.1 Å². The van der Waals surface area contributed by atoms with Crippen molar-refractivity contribution in [3.63, 3.8) is 0 Å². The van der Waals surface area contributed by atoms with Gasteiger partial charge in [0.05, 0.1) is 23.9 Å². The number of aromatic amines is 1. The first-order chi connectivity index (χ1) is 9.68. The van der Waals surface area contributed by atoms with Gasteiger partial charge in [0.2, 0.25) is 0 Å². The molecule has 0 aliphatic rings. The van der Waals surface area contributed by atoms with Crippen molar-refractivity contribution < 1.29 is 81.9 Å². The molecule has 0 aliphatic carbocycles. The van der Waals surface area contributed by atoms with Crippen LogP contribution < -0.4 is 74.5 Å². The third kappa shape index (κ3) is 7.07. The summed E-state index contributed by atoms with van der Waals surface area (Å²) in [7, 11) is -9.06. The van der Waals surface area contributed by atoms with Gasteiger partial charge in [-0.15, -0.1) is 0 Å². The molecule has 2 aromatic rings. The summed E-state index contributed by atoms with van der Waals surface area (Å²) < 4.78 is 34.8. The van der Waals surface area contributed by atoms with Crippen LogP contribution >= 0.6 is 7.60 Å². The monoisotopic (exact) mass is 380 g/mol. The molecule has 0 bridgehead atoms. The number of sulfone groups is 1. The Bertz CT molecular complexity index is 860. The molecule has 0 aliphatic heterocycles. The number of imidazole rings is 1. The number of nitrogens with one attached hydrogen (secondary N) is 1. The molecule has 0 spiro atoms. The maximum Gasteiger partial charge on any atom is 1.00 e. The van der Waals surface area contributed by atoms with E-state index in [0.29, 0.717) is 5.65 Å². The molecule has 0 fully saturated rings. The van der Waals surface area contributed by atoms with Crippen molar-refractivity contribution in [3.8, 4) is 0 Å². The molecule has 2 rings (SSSR count). The summed E-state index contributed by atoms with van der Waals surface area (Å²) in [6.45, 7) is 0.175. The molecule has 116 valence electrons. The van der Waals surface area contributed by atoms with Crippen molar-refractivity contribution in [1.82, 2.24) is 19.5 Å². The smallest absolute Gasteiger partial charge is 0.810 e. The van der Waals surface area contributed by atoms with Crippen LogP contribution in [0, 0.1) is 0 Å². The number of aromatic nitrogens is 4. The molecule has 14 heteroatoms. The second-order valence-electron chi connectivity index (χ2n) is 4.38. The fourth-order valence-electron chi connectivity index (χ4n) is 1.82. The summed E-state index contributed by atoms with van der Waals surface area (Å²) in [5.41, 5.74) is -1.37. The Kier molecular flexibility index (Phi) is 9.41. The predicted octanol–water partition coefficient (Wildman–Crippen LogP) is -8.20. The molecular formula is C9H11N4Na2O6PS. The second kappa shape index (κ2) is 9.23. The van der Waals surface area contributed by atoms with Crippen LogP contribution in [0.4, 0.5) is 0 Å². The Labute approximate surface area is 175 Å². The van der Waals surface area contributed by atoms with Gasteiger partial charge in [-0.05, 0) is 6.42 Å². The van der Waals surface area contributed by atoms with E-state index >= 15 is 0 Å². The minimum Gasteiger partial charge on any atom is -0.810 e. The molecule has 0 aromatic carbocycles. The van der Waals surface area contributed by atoms with Crippen molar-refractivity contribution >= 4 is 28.6 Å². The molecule has 23 heavy (non-hydrogen) atoms. The normalized spacial score (nSPS) is 11.7. The zero-order chi connectivity index (χ0) is 15.7. The Morgan fingerprint density at radius 3 is 2.52 bits per heavy atom. The first kappa shape index (κ1) is 23.4. The van der Waals surface area contributed by atoms with Crippen LogP contribution in [0.2, 0.25) is 0 Å². The van der Waals surface area contributed by atoms with Crippen LogP contribution in [0.15, 0.2) is 17.4 Å². The second-order valence-corrected chi connectivity index (χ2v) is 8.53. The maximum atomic E-state index is 11.4. The van der Waals surface area contributed by atoms with Crippen LogP contribution in [-0.2, 0) is 20.9 Å². The third-order valence-corrected chi connectivity index (χ3v) is 6.37. The van der Waals surface area contributed by atoms with Gasteiger partial charge in [0.15, 0.2) is 21.0 Å². The van der Waals surface area contributed by atoms with Gasteiger partial charge in [-0.1, -0.05) is 7.60 Å². The fraction of sp³-hybridized carbons (Fsp3) is 0.444. The van der Waals surface area contributed by atoms with Crippen molar-refractivity contribution in [2.75, 3.05) is 11.2 Å². The molecule has 0 saturated carbocycles. The first-order valence-corrected chi connectivity index (χ1v) is 9.33. The minimum atomic E-state index is -5.10. The van der Waals surface area contributed by atoms with E-state index in [-0.39, 0.29) is 77.6 Å². The number of hydrogen-bond donors (Lipinski definition) is 1. The van der Waals surface area contributed by atoms with Crippen molar-refractivity contribution in [2.24, 2.45) is 0 Å². The van der Waals surface area contributed by atoms with Gasteiger partial charge in [0.25, 0.3) is 5.56 Å². The molecule has 0 amide bonds. The van der Waals surface area contributed by atoms with Crippen LogP contribution in [-0.4, -0.2) is 39.2 Å². The zero-order valence-electron chi connectivity index (χ0n) is 12.6. The zero-order valence-corrected chi connectivity index (χ0v) is 18.3. The van der Waals surface area contributed by atoms with E-state index in [4.69, 9.17) is 0 Å². The molecule has 0 unspecified atom stereocenters. The quantitative estimate of drug-likeness (QED) is 0.382.